The number of hydrazone groups is 1. The lowest BCUT2D eigenvalue weighted by atomic mass is 9.99. The highest BCUT2D eigenvalue weighted by Gasteiger charge is 2.06. The number of primary amides is 1. The van der Waals surface area contributed by atoms with Crippen LogP contribution in [0.4, 0.5) is 4.79 Å². The molecule has 0 aliphatic carbocycles. The first-order chi connectivity index (χ1) is 10.6. The lowest BCUT2D eigenvalue weighted by Gasteiger charge is -2.08. The highest BCUT2D eigenvalue weighted by molar-refractivity contribution is 9.10. The molecule has 0 bridgehead atoms. The molecule has 0 aliphatic rings. The average Bonchev–Trinajstić information content (AvgIpc) is 2.53. The molecule has 0 aliphatic heterocycles. The normalized spacial score (nSPS) is 12.1. The third kappa shape index (κ3) is 4.56. The van der Waals surface area contributed by atoms with E-state index in [0.29, 0.717) is 5.71 Å². The van der Waals surface area contributed by atoms with E-state index in [4.69, 9.17) is 5.73 Å². The number of nitrogens with one attached hydrogen (secondary N) is 1. The molecule has 3 N–H and O–H groups in total. The third-order valence-corrected chi connectivity index (χ3v) is 3.52. The van der Waals surface area contributed by atoms with Crippen molar-refractivity contribution in [1.29, 1.82) is 0 Å². The van der Waals surface area contributed by atoms with Crippen molar-refractivity contribution in [3.05, 3.63) is 70.2 Å². The van der Waals surface area contributed by atoms with Gasteiger partial charge >= 0.3 is 6.03 Å². The molecule has 0 heterocycles. The monoisotopic (exact) mass is 357 g/mol. The second kappa shape index (κ2) is 7.56. The molecule has 2 aromatic carbocycles. The minimum atomic E-state index is -0.685. The number of urea groups is 1. The topological polar surface area (TPSA) is 67.5 Å². The first kappa shape index (κ1) is 16.0. The first-order valence-electron chi connectivity index (χ1n) is 6.69. The highest BCUT2D eigenvalue weighted by atomic mass is 79.9. The van der Waals surface area contributed by atoms with E-state index >= 15 is 0 Å². The van der Waals surface area contributed by atoms with Crippen molar-refractivity contribution in [3.8, 4) is 0 Å². The number of benzene rings is 2. The van der Waals surface area contributed by atoms with Crippen molar-refractivity contribution in [1.82, 2.24) is 5.43 Å². The minimum absolute atomic E-state index is 0.674. The minimum Gasteiger partial charge on any atom is -0.350 e. The molecule has 0 spiro atoms. The lowest BCUT2D eigenvalue weighted by Crippen LogP contribution is -2.25. The van der Waals surface area contributed by atoms with E-state index in [2.05, 4.69) is 26.5 Å². The van der Waals surface area contributed by atoms with Gasteiger partial charge < -0.3 is 5.73 Å². The van der Waals surface area contributed by atoms with Gasteiger partial charge in [-0.3, -0.25) is 0 Å². The highest BCUT2D eigenvalue weighted by Crippen LogP contribution is 2.21. The molecule has 0 saturated heterocycles. The largest absolute Gasteiger partial charge is 0.350 e. The van der Waals surface area contributed by atoms with Crippen LogP contribution in [0.2, 0.25) is 0 Å². The summed E-state index contributed by atoms with van der Waals surface area (Å²) in [7, 11) is 0. The summed E-state index contributed by atoms with van der Waals surface area (Å²) in [5.41, 5.74) is 11.0. The number of amides is 2. The Morgan fingerprint density at radius 3 is 2.36 bits per heavy atom. The van der Waals surface area contributed by atoms with Crippen molar-refractivity contribution in [2.75, 3.05) is 0 Å². The van der Waals surface area contributed by atoms with Gasteiger partial charge in [0.25, 0.3) is 0 Å². The van der Waals surface area contributed by atoms with Gasteiger partial charge in [0.05, 0.1) is 5.71 Å². The van der Waals surface area contributed by atoms with Crippen molar-refractivity contribution in [3.63, 3.8) is 0 Å². The van der Waals surface area contributed by atoms with E-state index in [1.54, 1.807) is 0 Å². The van der Waals surface area contributed by atoms with Crippen molar-refractivity contribution < 1.29 is 4.79 Å². The van der Waals surface area contributed by atoms with Crippen LogP contribution in [-0.4, -0.2) is 11.7 Å². The van der Waals surface area contributed by atoms with E-state index in [0.717, 1.165) is 21.2 Å². The summed E-state index contributed by atoms with van der Waals surface area (Å²) in [6, 6.07) is 17.1. The zero-order chi connectivity index (χ0) is 15.9. The molecule has 5 heteroatoms. The predicted molar refractivity (Wildman–Crippen MR) is 94.3 cm³/mol. The fourth-order valence-electron chi connectivity index (χ4n) is 1.94. The molecule has 4 nitrogen and oxygen atoms in total. The first-order valence-corrected chi connectivity index (χ1v) is 7.48. The Balaban J connectivity index is 2.43. The van der Waals surface area contributed by atoms with Crippen LogP contribution in [0.15, 0.2) is 64.2 Å². The van der Waals surface area contributed by atoms with Crippen LogP contribution >= 0.6 is 15.9 Å². The second-order valence-corrected chi connectivity index (χ2v) is 5.56. The number of carbonyl (C=O) groups is 1. The summed E-state index contributed by atoms with van der Waals surface area (Å²) >= 11 is 3.42. The molecule has 0 saturated carbocycles. The zero-order valence-corrected chi connectivity index (χ0v) is 13.7. The Morgan fingerprint density at radius 2 is 1.77 bits per heavy atom. The Hall–Kier alpha value is -2.40. The van der Waals surface area contributed by atoms with E-state index < -0.39 is 6.03 Å². The maximum atomic E-state index is 10.8. The van der Waals surface area contributed by atoms with E-state index in [1.165, 1.54) is 0 Å². The SMILES string of the molecule is CC(=N\NC(N)=O)/C(=C/c1ccc(Br)cc1)c1ccccc1. The molecular weight excluding hydrogens is 342 g/mol. The van der Waals surface area contributed by atoms with Gasteiger partial charge in [0.2, 0.25) is 0 Å². The second-order valence-electron chi connectivity index (χ2n) is 4.65. The summed E-state index contributed by atoms with van der Waals surface area (Å²) in [6.45, 7) is 1.83. The van der Waals surface area contributed by atoms with Gasteiger partial charge in [-0.2, -0.15) is 5.10 Å². The molecular formula is C17H16BrN3O. The molecule has 0 unspecified atom stereocenters. The van der Waals surface area contributed by atoms with Gasteiger partial charge in [0, 0.05) is 10.0 Å². The van der Waals surface area contributed by atoms with Gasteiger partial charge in [0.15, 0.2) is 0 Å². The van der Waals surface area contributed by atoms with Crippen molar-refractivity contribution >= 4 is 39.3 Å². The fraction of sp³-hybridized carbons (Fsp3) is 0.0588. The number of nitrogens with zero attached hydrogens (tertiary/aromatic N) is 1. The van der Waals surface area contributed by atoms with E-state index in [9.17, 15) is 4.79 Å². The molecule has 2 amide bonds. The maximum absolute atomic E-state index is 10.8. The number of rotatable bonds is 4. The van der Waals surface area contributed by atoms with E-state index in [1.807, 2.05) is 67.6 Å². The van der Waals surface area contributed by atoms with Crippen LogP contribution in [0.5, 0.6) is 0 Å². The number of carbonyl (C=O) groups excluding carboxylic acids is 1. The standard InChI is InChI=1S/C17H16BrN3O/c1-12(20-21-17(19)22)16(14-5-3-2-4-6-14)11-13-7-9-15(18)10-8-13/h2-11H,1H3,(H3,19,21,22)/b16-11-,20-12+. The maximum Gasteiger partial charge on any atom is 0.332 e. The number of allylic oxidation sites excluding steroid dienone is 1. The fourth-order valence-corrected chi connectivity index (χ4v) is 2.20. The van der Waals surface area contributed by atoms with Crippen molar-refractivity contribution in [2.24, 2.45) is 10.8 Å². The molecule has 0 fully saturated rings. The van der Waals surface area contributed by atoms with E-state index in [-0.39, 0.29) is 0 Å². The van der Waals surface area contributed by atoms with Gasteiger partial charge in [0.1, 0.15) is 0 Å². The molecule has 0 radical (unpaired) electrons. The van der Waals surface area contributed by atoms with Gasteiger partial charge in [-0.25, -0.2) is 10.2 Å². The average molecular weight is 358 g/mol. The van der Waals surface area contributed by atoms with Crippen LogP contribution in [0, 0.1) is 0 Å². The molecule has 0 aromatic heterocycles. The smallest absolute Gasteiger partial charge is 0.332 e. The van der Waals surface area contributed by atoms with Crippen LogP contribution in [0.3, 0.4) is 0 Å². The summed E-state index contributed by atoms with van der Waals surface area (Å²) in [5, 5.41) is 4.03. The third-order valence-electron chi connectivity index (χ3n) is 2.99. The Bertz CT molecular complexity index is 706. The van der Waals surface area contributed by atoms with Gasteiger partial charge in [-0.1, -0.05) is 58.4 Å². The lowest BCUT2D eigenvalue weighted by molar-refractivity contribution is 0.249. The number of hydrogen-bond acceptors (Lipinski definition) is 2. The van der Waals surface area contributed by atoms with Crippen LogP contribution in [-0.2, 0) is 0 Å². The molecule has 22 heavy (non-hydrogen) atoms. The molecule has 112 valence electrons. The van der Waals surface area contributed by atoms with Crippen molar-refractivity contribution in [2.45, 2.75) is 6.92 Å². The summed E-state index contributed by atoms with van der Waals surface area (Å²) in [4.78, 5) is 10.8. The molecule has 2 rings (SSSR count). The summed E-state index contributed by atoms with van der Waals surface area (Å²) in [6.07, 6.45) is 2.02. The molecule has 2 aromatic rings. The summed E-state index contributed by atoms with van der Waals surface area (Å²) in [5.74, 6) is 0. The van der Waals surface area contributed by atoms with Crippen LogP contribution < -0.4 is 11.2 Å². The van der Waals surface area contributed by atoms with Crippen LogP contribution in [0.25, 0.3) is 11.6 Å². The molecule has 0 atom stereocenters. The number of hydrogen-bond donors (Lipinski definition) is 2. The summed E-state index contributed by atoms with van der Waals surface area (Å²) < 4.78 is 1.02. The Kier molecular flexibility index (Phi) is 5.49. The Morgan fingerprint density at radius 1 is 1.14 bits per heavy atom. The number of halogens is 1. The van der Waals surface area contributed by atoms with Gasteiger partial charge in [-0.15, -0.1) is 0 Å². The quantitative estimate of drug-likeness (QED) is 0.484. The predicted octanol–water partition coefficient (Wildman–Crippen LogP) is 4.03. The Labute approximate surface area is 137 Å². The number of nitrogens with two attached hydrogens (primary N) is 1. The zero-order valence-electron chi connectivity index (χ0n) is 12.1. The van der Waals surface area contributed by atoms with Crippen LogP contribution in [0.1, 0.15) is 18.1 Å². The van der Waals surface area contributed by atoms with Gasteiger partial charge in [-0.05, 0) is 36.3 Å².